The number of alkyl halides is 3. The highest BCUT2D eigenvalue weighted by Gasteiger charge is 2.33. The first-order valence-electron chi connectivity index (χ1n) is 7.44. The van der Waals surface area contributed by atoms with Crippen molar-refractivity contribution in [3.8, 4) is 17.2 Å². The summed E-state index contributed by atoms with van der Waals surface area (Å²) < 4.78 is 49.0. The fourth-order valence-corrected chi connectivity index (χ4v) is 2.39. The number of aromatic nitrogens is 2. The molecule has 0 aliphatic carbocycles. The van der Waals surface area contributed by atoms with Crippen LogP contribution in [0.25, 0.3) is 11.5 Å². The third-order valence-corrected chi connectivity index (χ3v) is 3.82. The number of carbonyl (C=O) groups is 1. The summed E-state index contributed by atoms with van der Waals surface area (Å²) >= 11 is 5.54. The molecule has 0 saturated carbocycles. The summed E-state index contributed by atoms with van der Waals surface area (Å²) in [5, 5.41) is 9.16. The predicted molar refractivity (Wildman–Crippen MR) is 90.7 cm³/mol. The monoisotopic (exact) mass is 397 g/mol. The number of benzene rings is 2. The molecule has 1 amide bonds. The summed E-state index contributed by atoms with van der Waals surface area (Å²) in [5.41, 5.74) is -0.624. The first kappa shape index (κ1) is 18.7. The van der Waals surface area contributed by atoms with Crippen molar-refractivity contribution in [2.24, 2.45) is 0 Å². The van der Waals surface area contributed by atoms with Crippen molar-refractivity contribution in [2.45, 2.75) is 6.18 Å². The van der Waals surface area contributed by atoms with E-state index in [-0.39, 0.29) is 11.6 Å². The molecule has 2 aromatic carbocycles. The Morgan fingerprint density at radius 2 is 1.85 bits per heavy atom. The van der Waals surface area contributed by atoms with Gasteiger partial charge in [-0.05, 0) is 42.5 Å². The van der Waals surface area contributed by atoms with Crippen LogP contribution < -0.4 is 10.1 Å². The first-order valence-corrected chi connectivity index (χ1v) is 7.82. The second-order valence-corrected chi connectivity index (χ2v) is 5.69. The van der Waals surface area contributed by atoms with Crippen LogP contribution in [0.1, 0.15) is 16.2 Å². The van der Waals surface area contributed by atoms with Crippen LogP contribution in [0.5, 0.6) is 5.75 Å². The molecule has 0 aliphatic rings. The van der Waals surface area contributed by atoms with E-state index in [4.69, 9.17) is 20.8 Å². The Bertz CT molecular complexity index is 972. The summed E-state index contributed by atoms with van der Waals surface area (Å²) in [6.45, 7) is 0. The zero-order valence-electron chi connectivity index (χ0n) is 13.7. The summed E-state index contributed by atoms with van der Waals surface area (Å²) in [6, 6.07) is 9.65. The molecule has 1 heterocycles. The molecule has 3 rings (SSSR count). The Balaban J connectivity index is 1.78. The van der Waals surface area contributed by atoms with Gasteiger partial charge in [-0.2, -0.15) is 13.2 Å². The molecule has 3 aromatic rings. The highest BCUT2D eigenvalue weighted by atomic mass is 35.5. The van der Waals surface area contributed by atoms with Gasteiger partial charge in [-0.15, -0.1) is 10.2 Å². The van der Waals surface area contributed by atoms with Gasteiger partial charge in [0.05, 0.1) is 17.7 Å². The van der Waals surface area contributed by atoms with Crippen molar-refractivity contribution in [3.63, 3.8) is 0 Å². The number of anilines is 1. The normalized spacial score (nSPS) is 11.3. The standard InChI is InChI=1S/C17H11ClF3N3O3/c1-26-11-5-2-9(3-6-11)15-23-24-16(27-15)14(25)22-10-4-7-13(18)12(8-10)17(19,20)21/h2-8H,1H3,(H,22,25). The van der Waals surface area contributed by atoms with Crippen LogP contribution in [0.2, 0.25) is 5.02 Å². The third-order valence-electron chi connectivity index (χ3n) is 3.49. The van der Waals surface area contributed by atoms with E-state index in [2.05, 4.69) is 15.5 Å². The minimum Gasteiger partial charge on any atom is -0.497 e. The van der Waals surface area contributed by atoms with Crippen LogP contribution in [-0.4, -0.2) is 23.2 Å². The van der Waals surface area contributed by atoms with Gasteiger partial charge < -0.3 is 14.5 Å². The fraction of sp³-hybridized carbons (Fsp3) is 0.118. The number of amides is 1. The van der Waals surface area contributed by atoms with Crippen LogP contribution in [0.4, 0.5) is 18.9 Å². The number of ether oxygens (including phenoxy) is 1. The zero-order chi connectivity index (χ0) is 19.6. The lowest BCUT2D eigenvalue weighted by Crippen LogP contribution is -2.14. The molecule has 0 unspecified atom stereocenters. The fourth-order valence-electron chi connectivity index (χ4n) is 2.17. The number of methoxy groups -OCH3 is 1. The number of nitrogens with zero attached hydrogens (tertiary/aromatic N) is 2. The van der Waals surface area contributed by atoms with Gasteiger partial charge >= 0.3 is 18.0 Å². The van der Waals surface area contributed by atoms with E-state index in [1.807, 2.05) is 0 Å². The molecule has 0 spiro atoms. The SMILES string of the molecule is COc1ccc(-c2nnc(C(=O)Nc3ccc(Cl)c(C(F)(F)F)c3)o2)cc1. The van der Waals surface area contributed by atoms with Crippen LogP contribution in [0.15, 0.2) is 46.9 Å². The van der Waals surface area contributed by atoms with E-state index in [1.165, 1.54) is 13.2 Å². The third kappa shape index (κ3) is 4.20. The van der Waals surface area contributed by atoms with E-state index in [1.54, 1.807) is 24.3 Å². The molecule has 0 aliphatic heterocycles. The number of rotatable bonds is 4. The first-order chi connectivity index (χ1) is 12.8. The average Bonchev–Trinajstić information content (AvgIpc) is 3.13. The molecule has 0 atom stereocenters. The summed E-state index contributed by atoms with van der Waals surface area (Å²) in [4.78, 5) is 12.2. The Kier molecular flexibility index (Phi) is 5.04. The smallest absolute Gasteiger partial charge is 0.417 e. The lowest BCUT2D eigenvalue weighted by molar-refractivity contribution is -0.137. The van der Waals surface area contributed by atoms with E-state index >= 15 is 0 Å². The quantitative estimate of drug-likeness (QED) is 0.692. The van der Waals surface area contributed by atoms with E-state index in [0.717, 1.165) is 12.1 Å². The predicted octanol–water partition coefficient (Wildman–Crippen LogP) is 4.67. The molecule has 0 bridgehead atoms. The van der Waals surface area contributed by atoms with Crippen LogP contribution in [-0.2, 0) is 6.18 Å². The van der Waals surface area contributed by atoms with Gasteiger partial charge in [0.2, 0.25) is 5.89 Å². The summed E-state index contributed by atoms with van der Waals surface area (Å²) in [7, 11) is 1.52. The van der Waals surface area contributed by atoms with Gasteiger partial charge in [0.15, 0.2) is 0 Å². The van der Waals surface area contributed by atoms with Gasteiger partial charge in [-0.25, -0.2) is 0 Å². The minimum atomic E-state index is -4.65. The number of hydrogen-bond acceptors (Lipinski definition) is 5. The van der Waals surface area contributed by atoms with E-state index < -0.39 is 28.6 Å². The van der Waals surface area contributed by atoms with Crippen molar-refractivity contribution in [3.05, 3.63) is 58.9 Å². The maximum absolute atomic E-state index is 12.9. The second kappa shape index (κ2) is 7.28. The van der Waals surface area contributed by atoms with Crippen molar-refractivity contribution in [1.82, 2.24) is 10.2 Å². The van der Waals surface area contributed by atoms with Gasteiger partial charge in [-0.1, -0.05) is 11.6 Å². The van der Waals surface area contributed by atoms with E-state index in [0.29, 0.717) is 11.3 Å². The van der Waals surface area contributed by atoms with Gasteiger partial charge in [0.25, 0.3) is 0 Å². The van der Waals surface area contributed by atoms with Crippen molar-refractivity contribution >= 4 is 23.2 Å². The topological polar surface area (TPSA) is 77.2 Å². The maximum atomic E-state index is 12.9. The Labute approximate surface area is 155 Å². The number of nitrogens with one attached hydrogen (secondary N) is 1. The Morgan fingerprint density at radius 3 is 2.48 bits per heavy atom. The van der Waals surface area contributed by atoms with Gasteiger partial charge in [0.1, 0.15) is 5.75 Å². The summed E-state index contributed by atoms with van der Waals surface area (Å²) in [6.07, 6.45) is -4.65. The van der Waals surface area contributed by atoms with Crippen molar-refractivity contribution < 1.29 is 27.1 Å². The molecule has 1 aromatic heterocycles. The molecule has 0 saturated heterocycles. The van der Waals surface area contributed by atoms with Gasteiger partial charge in [0, 0.05) is 11.3 Å². The molecular weight excluding hydrogens is 387 g/mol. The maximum Gasteiger partial charge on any atom is 0.417 e. The molecule has 10 heteroatoms. The van der Waals surface area contributed by atoms with Crippen molar-refractivity contribution in [1.29, 1.82) is 0 Å². The van der Waals surface area contributed by atoms with E-state index in [9.17, 15) is 18.0 Å². The number of hydrogen-bond donors (Lipinski definition) is 1. The van der Waals surface area contributed by atoms with Crippen LogP contribution in [0.3, 0.4) is 0 Å². The number of halogens is 4. The summed E-state index contributed by atoms with van der Waals surface area (Å²) in [5.74, 6) is -0.545. The molecule has 27 heavy (non-hydrogen) atoms. The van der Waals surface area contributed by atoms with Crippen LogP contribution in [0, 0.1) is 0 Å². The lowest BCUT2D eigenvalue weighted by atomic mass is 10.2. The zero-order valence-corrected chi connectivity index (χ0v) is 14.4. The molecule has 1 N–H and O–H groups in total. The van der Waals surface area contributed by atoms with Gasteiger partial charge in [-0.3, -0.25) is 4.79 Å². The lowest BCUT2D eigenvalue weighted by Gasteiger charge is -2.11. The highest BCUT2D eigenvalue weighted by Crippen LogP contribution is 2.36. The highest BCUT2D eigenvalue weighted by molar-refractivity contribution is 6.31. The largest absolute Gasteiger partial charge is 0.497 e. The molecule has 0 fully saturated rings. The minimum absolute atomic E-state index is 0.0786. The molecule has 6 nitrogen and oxygen atoms in total. The second-order valence-electron chi connectivity index (χ2n) is 5.29. The molecule has 0 radical (unpaired) electrons. The Hall–Kier alpha value is -3.07. The molecular formula is C17H11ClF3N3O3. The van der Waals surface area contributed by atoms with Crippen molar-refractivity contribution in [2.75, 3.05) is 12.4 Å². The Morgan fingerprint density at radius 1 is 1.15 bits per heavy atom. The average molecular weight is 398 g/mol. The number of carbonyl (C=O) groups excluding carboxylic acids is 1. The molecule has 140 valence electrons. The van der Waals surface area contributed by atoms with Crippen LogP contribution >= 0.6 is 11.6 Å².